The van der Waals surface area contributed by atoms with Crippen LogP contribution in [-0.4, -0.2) is 61.2 Å². The molecule has 6 nitrogen and oxygen atoms in total. The Morgan fingerprint density at radius 3 is 3.14 bits per heavy atom. The van der Waals surface area contributed by atoms with Crippen molar-refractivity contribution in [2.24, 2.45) is 4.99 Å². The minimum absolute atomic E-state index is 0.223. The molecule has 2 N–H and O–H groups in total. The number of fused-ring (bicyclic) bond motifs is 1. The van der Waals surface area contributed by atoms with Gasteiger partial charge in [0.15, 0.2) is 17.6 Å². The van der Waals surface area contributed by atoms with Crippen LogP contribution in [0, 0.1) is 5.82 Å². The zero-order valence-electron chi connectivity index (χ0n) is 17.1. The first kappa shape index (κ1) is 20.1. The van der Waals surface area contributed by atoms with Crippen molar-refractivity contribution in [3.05, 3.63) is 46.0 Å². The molecule has 0 aliphatic carbocycles. The van der Waals surface area contributed by atoms with Crippen molar-refractivity contribution in [3.63, 3.8) is 0 Å². The Kier molecular flexibility index (Phi) is 6.30. The summed E-state index contributed by atoms with van der Waals surface area (Å²) < 4.78 is 14.0. The van der Waals surface area contributed by atoms with E-state index in [1.165, 1.54) is 16.5 Å². The third kappa shape index (κ3) is 4.70. The van der Waals surface area contributed by atoms with Gasteiger partial charge in [0.1, 0.15) is 0 Å². The molecule has 0 amide bonds. The minimum atomic E-state index is -0.264. The van der Waals surface area contributed by atoms with Crippen molar-refractivity contribution in [2.75, 3.05) is 38.1 Å². The van der Waals surface area contributed by atoms with Crippen molar-refractivity contribution >= 4 is 23.1 Å². The van der Waals surface area contributed by atoms with Crippen LogP contribution in [0.2, 0.25) is 0 Å². The van der Waals surface area contributed by atoms with Gasteiger partial charge in [-0.1, -0.05) is 0 Å². The SMILES string of the molecule is CN=C(NCC(C)N1CCc2sccc2C1)NC1CCN(c2ncccc2F)C1. The topological polar surface area (TPSA) is 55.8 Å². The number of hydrogen-bond acceptors (Lipinski definition) is 5. The molecule has 4 rings (SSSR count). The van der Waals surface area contributed by atoms with E-state index in [1.54, 1.807) is 19.3 Å². The van der Waals surface area contributed by atoms with Crippen LogP contribution in [0.1, 0.15) is 23.8 Å². The van der Waals surface area contributed by atoms with Crippen LogP contribution in [0.5, 0.6) is 0 Å². The van der Waals surface area contributed by atoms with Crippen LogP contribution < -0.4 is 15.5 Å². The predicted octanol–water partition coefficient (Wildman–Crippen LogP) is 2.47. The van der Waals surface area contributed by atoms with E-state index in [0.29, 0.717) is 11.9 Å². The summed E-state index contributed by atoms with van der Waals surface area (Å²) in [6, 6.07) is 5.98. The van der Waals surface area contributed by atoms with E-state index in [-0.39, 0.29) is 11.9 Å². The molecule has 2 atom stereocenters. The summed E-state index contributed by atoms with van der Waals surface area (Å²) in [5.41, 5.74) is 1.48. The summed E-state index contributed by atoms with van der Waals surface area (Å²) in [5, 5.41) is 9.15. The van der Waals surface area contributed by atoms with Crippen molar-refractivity contribution in [1.82, 2.24) is 20.5 Å². The highest BCUT2D eigenvalue weighted by molar-refractivity contribution is 7.10. The smallest absolute Gasteiger partial charge is 0.191 e. The molecule has 0 spiro atoms. The molecule has 2 aromatic heterocycles. The highest BCUT2D eigenvalue weighted by atomic mass is 32.1. The number of aromatic nitrogens is 1. The van der Waals surface area contributed by atoms with Gasteiger partial charge in [0.2, 0.25) is 0 Å². The van der Waals surface area contributed by atoms with E-state index in [4.69, 9.17) is 0 Å². The Hall–Kier alpha value is -2.19. The number of guanidine groups is 1. The fourth-order valence-corrected chi connectivity index (χ4v) is 4.98. The average Bonchev–Trinajstić information content (AvgIpc) is 3.40. The lowest BCUT2D eigenvalue weighted by atomic mass is 10.1. The van der Waals surface area contributed by atoms with Crippen LogP contribution in [-0.2, 0) is 13.0 Å². The molecule has 0 aromatic carbocycles. The number of nitrogens with zero attached hydrogens (tertiary/aromatic N) is 4. The predicted molar refractivity (Wildman–Crippen MR) is 117 cm³/mol. The molecule has 1 fully saturated rings. The molecule has 29 heavy (non-hydrogen) atoms. The fourth-order valence-electron chi connectivity index (χ4n) is 4.09. The van der Waals surface area contributed by atoms with Gasteiger partial charge in [0.05, 0.1) is 0 Å². The third-order valence-electron chi connectivity index (χ3n) is 5.82. The minimum Gasteiger partial charge on any atom is -0.355 e. The Morgan fingerprint density at radius 1 is 1.41 bits per heavy atom. The zero-order valence-corrected chi connectivity index (χ0v) is 17.9. The molecule has 156 valence electrons. The largest absolute Gasteiger partial charge is 0.355 e. The third-order valence-corrected chi connectivity index (χ3v) is 6.84. The van der Waals surface area contributed by atoms with Gasteiger partial charge in [-0.15, -0.1) is 11.3 Å². The summed E-state index contributed by atoms with van der Waals surface area (Å²) >= 11 is 1.87. The van der Waals surface area contributed by atoms with E-state index in [2.05, 4.69) is 43.9 Å². The standard InChI is InChI=1S/C21H29FN6S/c1-15(27-10-6-19-16(13-27)7-11-29-19)12-25-21(23-2)26-17-5-9-28(14-17)20-18(22)4-3-8-24-20/h3-4,7-8,11,15,17H,5-6,9-10,12-14H2,1-2H3,(H2,23,25,26). The summed E-state index contributed by atoms with van der Waals surface area (Å²) in [6.45, 7) is 6.74. The van der Waals surface area contributed by atoms with Gasteiger partial charge >= 0.3 is 0 Å². The fraction of sp³-hybridized carbons (Fsp3) is 0.524. The summed E-state index contributed by atoms with van der Waals surface area (Å²) in [5.74, 6) is 0.976. The number of hydrogen-bond donors (Lipinski definition) is 2. The average molecular weight is 417 g/mol. The van der Waals surface area contributed by atoms with Gasteiger partial charge in [-0.2, -0.15) is 0 Å². The second-order valence-corrected chi connectivity index (χ2v) is 8.78. The maximum Gasteiger partial charge on any atom is 0.191 e. The molecular formula is C21H29FN6S. The molecule has 0 bridgehead atoms. The van der Waals surface area contributed by atoms with Crippen LogP contribution >= 0.6 is 11.3 Å². The number of anilines is 1. The lowest BCUT2D eigenvalue weighted by Gasteiger charge is -2.33. The maximum atomic E-state index is 14.0. The van der Waals surface area contributed by atoms with Gasteiger partial charge in [-0.3, -0.25) is 9.89 Å². The molecule has 2 unspecified atom stereocenters. The summed E-state index contributed by atoms with van der Waals surface area (Å²) in [7, 11) is 1.80. The van der Waals surface area contributed by atoms with Crippen molar-refractivity contribution in [3.8, 4) is 0 Å². The number of pyridine rings is 1. The van der Waals surface area contributed by atoms with E-state index < -0.39 is 0 Å². The summed E-state index contributed by atoms with van der Waals surface area (Å²) in [4.78, 5) is 14.6. The second-order valence-electron chi connectivity index (χ2n) is 7.78. The molecule has 2 aromatic rings. The second kappa shape index (κ2) is 9.09. The van der Waals surface area contributed by atoms with Crippen LogP contribution in [0.25, 0.3) is 0 Å². The van der Waals surface area contributed by atoms with Gasteiger partial charge in [0.25, 0.3) is 0 Å². The van der Waals surface area contributed by atoms with E-state index in [0.717, 1.165) is 51.5 Å². The molecule has 2 aliphatic heterocycles. The number of rotatable bonds is 5. The lowest BCUT2D eigenvalue weighted by molar-refractivity contribution is 0.192. The number of aliphatic imine (C=N–C) groups is 1. The molecule has 2 aliphatic rings. The first-order valence-electron chi connectivity index (χ1n) is 10.3. The number of nitrogens with one attached hydrogen (secondary N) is 2. The zero-order chi connectivity index (χ0) is 20.2. The molecule has 8 heteroatoms. The van der Waals surface area contributed by atoms with Crippen molar-refractivity contribution in [1.29, 1.82) is 0 Å². The van der Waals surface area contributed by atoms with Crippen molar-refractivity contribution < 1.29 is 4.39 Å². The van der Waals surface area contributed by atoms with E-state index in [9.17, 15) is 4.39 Å². The molecule has 4 heterocycles. The van der Waals surface area contributed by atoms with Crippen LogP contribution in [0.4, 0.5) is 10.2 Å². The molecular weight excluding hydrogens is 387 g/mol. The first-order valence-corrected chi connectivity index (χ1v) is 11.1. The molecule has 1 saturated heterocycles. The lowest BCUT2D eigenvalue weighted by Crippen LogP contribution is -2.49. The quantitative estimate of drug-likeness (QED) is 0.579. The van der Waals surface area contributed by atoms with Gasteiger partial charge in [-0.25, -0.2) is 9.37 Å². The first-order chi connectivity index (χ1) is 14.1. The highest BCUT2D eigenvalue weighted by Crippen LogP contribution is 2.25. The Morgan fingerprint density at radius 2 is 2.31 bits per heavy atom. The Balaban J connectivity index is 1.25. The monoisotopic (exact) mass is 416 g/mol. The molecule has 0 radical (unpaired) electrons. The van der Waals surface area contributed by atoms with Gasteiger partial charge < -0.3 is 15.5 Å². The maximum absolute atomic E-state index is 14.0. The van der Waals surface area contributed by atoms with Crippen molar-refractivity contribution in [2.45, 2.75) is 38.4 Å². The Labute approximate surface area is 175 Å². The summed E-state index contributed by atoms with van der Waals surface area (Å²) in [6.07, 6.45) is 3.71. The highest BCUT2D eigenvalue weighted by Gasteiger charge is 2.26. The van der Waals surface area contributed by atoms with E-state index >= 15 is 0 Å². The van der Waals surface area contributed by atoms with Gasteiger partial charge in [0, 0.05) is 62.9 Å². The van der Waals surface area contributed by atoms with E-state index in [1.807, 2.05) is 16.2 Å². The normalized spacial score (nSPS) is 21.1. The number of halogens is 1. The molecule has 0 saturated carbocycles. The number of thiophene rings is 1. The Bertz CT molecular complexity index is 853. The van der Waals surface area contributed by atoms with Crippen LogP contribution in [0.15, 0.2) is 34.8 Å². The van der Waals surface area contributed by atoms with Gasteiger partial charge in [-0.05, 0) is 48.9 Å². The van der Waals surface area contributed by atoms with Crippen LogP contribution in [0.3, 0.4) is 0 Å².